The van der Waals surface area contributed by atoms with E-state index in [0.29, 0.717) is 48.2 Å². The summed E-state index contributed by atoms with van der Waals surface area (Å²) >= 11 is 0. The number of alkyl halides is 3. The van der Waals surface area contributed by atoms with Crippen molar-refractivity contribution >= 4 is 17.5 Å². The molecule has 3 heterocycles. The van der Waals surface area contributed by atoms with E-state index in [4.69, 9.17) is 14.2 Å². The minimum atomic E-state index is -5.04. The minimum Gasteiger partial charge on any atom is -0.392 e. The Bertz CT molecular complexity index is 1260. The van der Waals surface area contributed by atoms with Crippen LogP contribution in [0, 0.1) is 0 Å². The van der Waals surface area contributed by atoms with Gasteiger partial charge in [-0.15, -0.1) is 0 Å². The first-order chi connectivity index (χ1) is 20.7. The third kappa shape index (κ3) is 7.55. The van der Waals surface area contributed by atoms with Crippen LogP contribution in [0.2, 0.25) is 0 Å². The van der Waals surface area contributed by atoms with Crippen LogP contribution in [-0.2, 0) is 30.4 Å². The fourth-order valence-corrected chi connectivity index (χ4v) is 6.24. The molecule has 0 aromatic heterocycles. The number of carbonyl (C=O) groups excluding carboxylic acids is 2. The van der Waals surface area contributed by atoms with E-state index >= 15 is 0 Å². The number of hydrogen-bond donors (Lipinski definition) is 2. The van der Waals surface area contributed by atoms with Crippen LogP contribution in [0.15, 0.2) is 48.5 Å². The highest BCUT2D eigenvalue weighted by Crippen LogP contribution is 2.39. The highest BCUT2D eigenvalue weighted by atomic mass is 19.4. The number of halogens is 3. The number of ether oxygens (including phenoxy) is 3. The highest BCUT2D eigenvalue weighted by molar-refractivity contribution is 5.98. The number of amides is 2. The number of nitrogens with one attached hydrogen (secondary N) is 1. The van der Waals surface area contributed by atoms with Crippen LogP contribution in [0.1, 0.15) is 61.2 Å². The molecule has 0 unspecified atom stereocenters. The number of methoxy groups -OCH3 is 1. The molecule has 3 aliphatic heterocycles. The molecule has 0 spiro atoms. The van der Waals surface area contributed by atoms with Crippen molar-refractivity contribution in [2.75, 3.05) is 38.7 Å². The molecule has 5 atom stereocenters. The SMILES string of the molecule is COC[C@@H]1CCCN1C[C@@H]1C[C@H](c2ccc(CO)cc2)O[C@H](c2cccc(NC(=O)[C@@H]3CCCN3C(=O)C(F)(F)F)c2)O1. The van der Waals surface area contributed by atoms with Gasteiger partial charge in [0.25, 0.3) is 0 Å². The Balaban J connectivity index is 1.33. The van der Waals surface area contributed by atoms with E-state index in [-0.39, 0.29) is 31.8 Å². The van der Waals surface area contributed by atoms with Gasteiger partial charge in [0.1, 0.15) is 6.04 Å². The van der Waals surface area contributed by atoms with Crippen LogP contribution in [-0.4, -0.2) is 84.4 Å². The molecule has 0 aliphatic carbocycles. The van der Waals surface area contributed by atoms with Crippen LogP contribution in [0.4, 0.5) is 18.9 Å². The molecule has 2 aromatic carbocycles. The maximum absolute atomic E-state index is 13.1. The Labute approximate surface area is 248 Å². The van der Waals surface area contributed by atoms with Gasteiger partial charge in [-0.2, -0.15) is 13.2 Å². The molecule has 3 fully saturated rings. The lowest BCUT2D eigenvalue weighted by molar-refractivity contribution is -0.253. The number of anilines is 1. The van der Waals surface area contributed by atoms with Crippen molar-refractivity contribution in [1.82, 2.24) is 9.80 Å². The molecule has 3 saturated heterocycles. The van der Waals surface area contributed by atoms with Crippen molar-refractivity contribution < 1.29 is 42.1 Å². The lowest BCUT2D eigenvalue weighted by Crippen LogP contribution is -2.48. The van der Waals surface area contributed by atoms with E-state index < -0.39 is 30.3 Å². The summed E-state index contributed by atoms with van der Waals surface area (Å²) in [5, 5.41) is 12.2. The highest BCUT2D eigenvalue weighted by Gasteiger charge is 2.47. The van der Waals surface area contributed by atoms with Crippen molar-refractivity contribution in [2.45, 2.75) is 75.5 Å². The number of nitrogens with zero attached hydrogens (tertiary/aromatic N) is 2. The van der Waals surface area contributed by atoms with Gasteiger partial charge in [0.2, 0.25) is 5.91 Å². The number of aliphatic hydroxyl groups is 1. The molecule has 12 heteroatoms. The second-order valence-electron chi connectivity index (χ2n) is 11.4. The van der Waals surface area contributed by atoms with E-state index in [9.17, 15) is 27.9 Å². The van der Waals surface area contributed by atoms with Crippen molar-refractivity contribution in [3.63, 3.8) is 0 Å². The average molecular weight is 606 g/mol. The van der Waals surface area contributed by atoms with E-state index in [1.807, 2.05) is 30.3 Å². The van der Waals surface area contributed by atoms with Crippen LogP contribution < -0.4 is 5.32 Å². The average Bonchev–Trinajstić information content (AvgIpc) is 3.66. The quantitative estimate of drug-likeness (QED) is 0.439. The predicted molar refractivity (Wildman–Crippen MR) is 151 cm³/mol. The van der Waals surface area contributed by atoms with Gasteiger partial charge in [0.05, 0.1) is 25.4 Å². The van der Waals surface area contributed by atoms with Gasteiger partial charge in [0, 0.05) is 43.9 Å². The Kier molecular flexibility index (Phi) is 10.0. The van der Waals surface area contributed by atoms with E-state index in [1.165, 1.54) is 0 Å². The first kappa shape index (κ1) is 31.4. The van der Waals surface area contributed by atoms with Gasteiger partial charge in [-0.25, -0.2) is 0 Å². The Hall–Kier alpha value is -3.03. The minimum absolute atomic E-state index is 0.0580. The molecule has 0 saturated carbocycles. The Morgan fingerprint density at radius 2 is 1.81 bits per heavy atom. The van der Waals surface area contributed by atoms with Gasteiger partial charge in [0.15, 0.2) is 6.29 Å². The first-order valence-electron chi connectivity index (χ1n) is 14.7. The van der Waals surface area contributed by atoms with Gasteiger partial charge in [-0.1, -0.05) is 36.4 Å². The maximum Gasteiger partial charge on any atom is 0.471 e. The second-order valence-corrected chi connectivity index (χ2v) is 11.4. The molecule has 3 aliphatic rings. The molecule has 2 aromatic rings. The number of hydrogen-bond acceptors (Lipinski definition) is 7. The van der Waals surface area contributed by atoms with Crippen LogP contribution in [0.3, 0.4) is 0 Å². The van der Waals surface area contributed by atoms with Gasteiger partial charge < -0.3 is 29.5 Å². The number of carbonyl (C=O) groups is 2. The van der Waals surface area contributed by atoms with Crippen molar-refractivity contribution in [2.24, 2.45) is 0 Å². The van der Waals surface area contributed by atoms with Crippen molar-refractivity contribution in [1.29, 1.82) is 0 Å². The van der Waals surface area contributed by atoms with Gasteiger partial charge in [-0.05, 0) is 55.5 Å². The van der Waals surface area contributed by atoms with Crippen molar-refractivity contribution in [3.8, 4) is 0 Å². The molecular formula is C31H38F3N3O6. The number of benzene rings is 2. The van der Waals surface area contributed by atoms with Gasteiger partial charge >= 0.3 is 12.1 Å². The summed E-state index contributed by atoms with van der Waals surface area (Å²) in [5.74, 6) is -2.67. The molecular weight excluding hydrogens is 567 g/mol. The largest absolute Gasteiger partial charge is 0.471 e. The topological polar surface area (TPSA) is 101 Å². The molecule has 9 nitrogen and oxygen atoms in total. The number of aliphatic hydroxyl groups excluding tert-OH is 1. The Morgan fingerprint density at radius 1 is 1.05 bits per heavy atom. The zero-order valence-corrected chi connectivity index (χ0v) is 24.1. The summed E-state index contributed by atoms with van der Waals surface area (Å²) in [6.07, 6.45) is -3.04. The summed E-state index contributed by atoms with van der Waals surface area (Å²) < 4.78 is 57.5. The standard InChI is InChI=1S/C31H38F3N3O6/c1-41-19-24-7-3-13-36(24)17-25-16-27(21-11-9-20(18-38)10-12-21)43-29(42-25)22-5-2-6-23(15-22)35-28(39)26-8-4-14-37(26)30(40)31(32,33)34/h2,5-6,9-12,15,24-27,29,38H,3-4,7-8,13-14,16-19H2,1H3,(H,35,39)/t24-,25-,26-,27+,29+/m0/s1. The van der Waals surface area contributed by atoms with E-state index in [2.05, 4.69) is 10.2 Å². The smallest absolute Gasteiger partial charge is 0.392 e. The zero-order valence-electron chi connectivity index (χ0n) is 24.1. The molecule has 0 bridgehead atoms. The molecule has 0 radical (unpaired) electrons. The fraction of sp³-hybridized carbons (Fsp3) is 0.548. The third-order valence-electron chi connectivity index (χ3n) is 8.40. The molecule has 2 N–H and O–H groups in total. The van der Waals surface area contributed by atoms with Crippen LogP contribution in [0.25, 0.3) is 0 Å². The normalized spacial score (nSPS) is 26.5. The molecule has 2 amide bonds. The predicted octanol–water partition coefficient (Wildman–Crippen LogP) is 4.33. The second kappa shape index (κ2) is 13.7. The van der Waals surface area contributed by atoms with Crippen LogP contribution >= 0.6 is 0 Å². The summed E-state index contributed by atoms with van der Waals surface area (Å²) in [5.41, 5.74) is 2.76. The summed E-state index contributed by atoms with van der Waals surface area (Å²) in [6, 6.07) is 13.6. The number of likely N-dealkylation sites (tertiary alicyclic amines) is 2. The monoisotopic (exact) mass is 605 g/mol. The lowest BCUT2D eigenvalue weighted by atomic mass is 9.99. The summed E-state index contributed by atoms with van der Waals surface area (Å²) in [4.78, 5) is 27.8. The van der Waals surface area contributed by atoms with E-state index in [1.54, 1.807) is 25.3 Å². The fourth-order valence-electron chi connectivity index (χ4n) is 6.24. The first-order valence-corrected chi connectivity index (χ1v) is 14.7. The molecule has 234 valence electrons. The lowest BCUT2D eigenvalue weighted by Gasteiger charge is -2.39. The zero-order chi connectivity index (χ0) is 30.6. The summed E-state index contributed by atoms with van der Waals surface area (Å²) in [6.45, 7) is 2.11. The molecule has 43 heavy (non-hydrogen) atoms. The van der Waals surface area contributed by atoms with Crippen LogP contribution in [0.5, 0.6) is 0 Å². The maximum atomic E-state index is 13.1. The third-order valence-corrected chi connectivity index (χ3v) is 8.40. The van der Waals surface area contributed by atoms with Gasteiger partial charge in [-0.3, -0.25) is 14.5 Å². The summed E-state index contributed by atoms with van der Waals surface area (Å²) in [7, 11) is 1.70. The number of rotatable bonds is 9. The molecule has 5 rings (SSSR count). The van der Waals surface area contributed by atoms with Crippen molar-refractivity contribution in [3.05, 3.63) is 65.2 Å². The van der Waals surface area contributed by atoms with E-state index in [0.717, 1.165) is 30.5 Å². The Morgan fingerprint density at radius 3 is 2.53 bits per heavy atom.